The van der Waals surface area contributed by atoms with Crippen LogP contribution in [0.1, 0.15) is 64.2 Å². The molecule has 0 bridgehead atoms. The average molecular weight is 271 g/mol. The highest BCUT2D eigenvalue weighted by Crippen LogP contribution is 2.29. The standard InChI is InChI=1S/C15H29NOS/c1-18-14-9-5-4-8-13(14)16-12-15(17)10-6-2-3-7-11-15/h13-14,16-17H,2-12H2,1H3. The number of aliphatic hydroxyl groups is 1. The van der Waals surface area contributed by atoms with Crippen LogP contribution in [0, 0.1) is 0 Å². The second kappa shape index (κ2) is 7.16. The Balaban J connectivity index is 1.81. The number of hydrogen-bond acceptors (Lipinski definition) is 3. The summed E-state index contributed by atoms with van der Waals surface area (Å²) in [6.45, 7) is 0.814. The molecule has 2 atom stereocenters. The molecule has 0 aliphatic heterocycles. The number of hydrogen-bond donors (Lipinski definition) is 2. The van der Waals surface area contributed by atoms with E-state index in [1.54, 1.807) is 0 Å². The van der Waals surface area contributed by atoms with Crippen molar-refractivity contribution in [1.82, 2.24) is 5.32 Å². The van der Waals surface area contributed by atoms with Crippen molar-refractivity contribution in [1.29, 1.82) is 0 Å². The van der Waals surface area contributed by atoms with Crippen molar-refractivity contribution in [3.63, 3.8) is 0 Å². The van der Waals surface area contributed by atoms with Gasteiger partial charge in [-0.25, -0.2) is 0 Å². The molecule has 0 heterocycles. The van der Waals surface area contributed by atoms with Gasteiger partial charge in [0.25, 0.3) is 0 Å². The zero-order valence-corrected chi connectivity index (χ0v) is 12.6. The third-order valence-corrected chi connectivity index (χ3v) is 5.90. The maximum Gasteiger partial charge on any atom is 0.0771 e. The lowest BCUT2D eigenvalue weighted by Crippen LogP contribution is -2.48. The van der Waals surface area contributed by atoms with Gasteiger partial charge < -0.3 is 10.4 Å². The molecule has 2 aliphatic rings. The molecule has 0 aromatic rings. The summed E-state index contributed by atoms with van der Waals surface area (Å²) in [5.74, 6) is 0. The molecule has 2 fully saturated rings. The summed E-state index contributed by atoms with van der Waals surface area (Å²) >= 11 is 2.00. The van der Waals surface area contributed by atoms with Gasteiger partial charge in [-0.15, -0.1) is 0 Å². The van der Waals surface area contributed by atoms with Gasteiger partial charge in [0.05, 0.1) is 5.60 Å². The lowest BCUT2D eigenvalue weighted by molar-refractivity contribution is 0.0218. The summed E-state index contributed by atoms with van der Waals surface area (Å²) in [4.78, 5) is 0. The van der Waals surface area contributed by atoms with Crippen molar-refractivity contribution in [2.75, 3.05) is 12.8 Å². The highest BCUT2D eigenvalue weighted by atomic mass is 32.2. The molecule has 2 nitrogen and oxygen atoms in total. The smallest absolute Gasteiger partial charge is 0.0771 e. The van der Waals surface area contributed by atoms with Crippen molar-refractivity contribution in [3.05, 3.63) is 0 Å². The van der Waals surface area contributed by atoms with E-state index in [4.69, 9.17) is 0 Å². The first kappa shape index (κ1) is 14.7. The maximum atomic E-state index is 10.7. The number of thioether (sulfide) groups is 1. The maximum absolute atomic E-state index is 10.7. The van der Waals surface area contributed by atoms with Crippen LogP contribution >= 0.6 is 11.8 Å². The van der Waals surface area contributed by atoms with Gasteiger partial charge in [-0.05, 0) is 31.9 Å². The molecule has 106 valence electrons. The summed E-state index contributed by atoms with van der Waals surface area (Å²) in [7, 11) is 0. The monoisotopic (exact) mass is 271 g/mol. The van der Waals surface area contributed by atoms with E-state index in [2.05, 4.69) is 11.6 Å². The second-order valence-electron chi connectivity index (χ2n) is 6.18. The fraction of sp³-hybridized carbons (Fsp3) is 1.00. The molecule has 0 saturated heterocycles. The minimum atomic E-state index is -0.420. The molecular weight excluding hydrogens is 242 g/mol. The summed E-state index contributed by atoms with van der Waals surface area (Å²) in [5, 5.41) is 15.1. The van der Waals surface area contributed by atoms with Gasteiger partial charge in [0, 0.05) is 17.8 Å². The molecule has 2 aliphatic carbocycles. The Bertz CT molecular complexity index is 239. The first-order valence-electron chi connectivity index (χ1n) is 7.72. The van der Waals surface area contributed by atoms with E-state index in [9.17, 15) is 5.11 Å². The lowest BCUT2D eigenvalue weighted by atomic mass is 9.91. The Morgan fingerprint density at radius 2 is 1.72 bits per heavy atom. The minimum absolute atomic E-state index is 0.420. The van der Waals surface area contributed by atoms with Crippen molar-refractivity contribution < 1.29 is 5.11 Å². The van der Waals surface area contributed by atoms with Crippen molar-refractivity contribution >= 4 is 11.8 Å². The van der Waals surface area contributed by atoms with E-state index >= 15 is 0 Å². The molecule has 2 unspecified atom stereocenters. The Morgan fingerprint density at radius 1 is 1.06 bits per heavy atom. The molecule has 0 spiro atoms. The fourth-order valence-electron chi connectivity index (χ4n) is 3.50. The van der Waals surface area contributed by atoms with Gasteiger partial charge in [-0.2, -0.15) is 11.8 Å². The van der Waals surface area contributed by atoms with Crippen LogP contribution in [0.3, 0.4) is 0 Å². The molecule has 0 amide bonds. The highest BCUT2D eigenvalue weighted by Gasteiger charge is 2.31. The third kappa shape index (κ3) is 4.14. The van der Waals surface area contributed by atoms with Gasteiger partial charge in [0.15, 0.2) is 0 Å². The van der Waals surface area contributed by atoms with Crippen molar-refractivity contribution in [2.24, 2.45) is 0 Å². The summed E-state index contributed by atoms with van der Waals surface area (Å²) < 4.78 is 0. The first-order valence-corrected chi connectivity index (χ1v) is 9.01. The molecule has 3 heteroatoms. The van der Waals surface area contributed by atoms with Crippen LogP contribution in [0.4, 0.5) is 0 Å². The van der Waals surface area contributed by atoms with E-state index < -0.39 is 5.60 Å². The van der Waals surface area contributed by atoms with Gasteiger partial charge >= 0.3 is 0 Å². The summed E-state index contributed by atoms with van der Waals surface area (Å²) in [6, 6.07) is 0.626. The van der Waals surface area contributed by atoms with Crippen LogP contribution in [0.5, 0.6) is 0 Å². The third-order valence-electron chi connectivity index (χ3n) is 4.73. The lowest BCUT2D eigenvalue weighted by Gasteiger charge is -2.35. The van der Waals surface area contributed by atoms with E-state index in [1.807, 2.05) is 11.8 Å². The normalized spacial score (nSPS) is 33.0. The van der Waals surface area contributed by atoms with Crippen LogP contribution in [-0.4, -0.2) is 34.8 Å². The Labute approximate surface area is 116 Å². The largest absolute Gasteiger partial charge is 0.389 e. The molecule has 2 rings (SSSR count). The average Bonchev–Trinajstić information content (AvgIpc) is 2.62. The summed E-state index contributed by atoms with van der Waals surface area (Å²) in [6.07, 6.45) is 14.6. The molecule has 0 aromatic heterocycles. The van der Waals surface area contributed by atoms with Crippen LogP contribution < -0.4 is 5.32 Å². The summed E-state index contributed by atoms with van der Waals surface area (Å²) in [5.41, 5.74) is -0.420. The molecule has 18 heavy (non-hydrogen) atoms. The Morgan fingerprint density at radius 3 is 2.39 bits per heavy atom. The van der Waals surface area contributed by atoms with Crippen LogP contribution in [0.15, 0.2) is 0 Å². The predicted molar refractivity (Wildman–Crippen MR) is 80.2 cm³/mol. The van der Waals surface area contributed by atoms with Gasteiger partial charge in [0.2, 0.25) is 0 Å². The molecule has 0 radical (unpaired) electrons. The molecule has 0 aromatic carbocycles. The van der Waals surface area contributed by atoms with E-state index in [1.165, 1.54) is 51.4 Å². The Kier molecular flexibility index (Phi) is 5.84. The molecule has 2 N–H and O–H groups in total. The van der Waals surface area contributed by atoms with Gasteiger partial charge in [-0.1, -0.05) is 38.5 Å². The predicted octanol–water partition coefficient (Wildman–Crippen LogP) is 3.34. The molecular formula is C15H29NOS. The zero-order valence-electron chi connectivity index (χ0n) is 11.8. The molecule has 2 saturated carbocycles. The number of rotatable bonds is 4. The van der Waals surface area contributed by atoms with Gasteiger partial charge in [-0.3, -0.25) is 0 Å². The topological polar surface area (TPSA) is 32.3 Å². The van der Waals surface area contributed by atoms with E-state index in [0.717, 1.165) is 24.6 Å². The van der Waals surface area contributed by atoms with Gasteiger partial charge in [0.1, 0.15) is 0 Å². The Hall–Kier alpha value is 0.270. The van der Waals surface area contributed by atoms with Crippen molar-refractivity contribution in [3.8, 4) is 0 Å². The zero-order chi connectivity index (χ0) is 12.8. The first-order chi connectivity index (χ1) is 8.73. The fourth-order valence-corrected chi connectivity index (χ4v) is 4.46. The highest BCUT2D eigenvalue weighted by molar-refractivity contribution is 7.99. The van der Waals surface area contributed by atoms with E-state index in [-0.39, 0.29) is 0 Å². The quantitative estimate of drug-likeness (QED) is 0.769. The minimum Gasteiger partial charge on any atom is -0.389 e. The van der Waals surface area contributed by atoms with Crippen LogP contribution in [-0.2, 0) is 0 Å². The second-order valence-corrected chi connectivity index (χ2v) is 7.26. The van der Waals surface area contributed by atoms with Crippen LogP contribution in [0.25, 0.3) is 0 Å². The van der Waals surface area contributed by atoms with E-state index in [0.29, 0.717) is 6.04 Å². The SMILES string of the molecule is CSC1CCCCC1NCC1(O)CCCCCC1. The number of nitrogens with one attached hydrogen (secondary N) is 1. The van der Waals surface area contributed by atoms with Crippen molar-refractivity contribution in [2.45, 2.75) is 81.1 Å². The van der Waals surface area contributed by atoms with Crippen LogP contribution in [0.2, 0.25) is 0 Å².